The Morgan fingerprint density at radius 2 is 2.07 bits per heavy atom. The van der Waals surface area contributed by atoms with E-state index < -0.39 is 0 Å². The molecule has 1 aromatic rings. The molecule has 0 bridgehead atoms. The van der Waals surface area contributed by atoms with E-state index >= 15 is 0 Å². The molecular weight excluding hydrogens is 190 g/mol. The number of hydrogen-bond donors (Lipinski definition) is 0. The zero-order valence-corrected chi connectivity index (χ0v) is 8.22. The lowest BCUT2D eigenvalue weighted by atomic mass is 10.2. The van der Waals surface area contributed by atoms with Gasteiger partial charge >= 0.3 is 0 Å². The predicted molar refractivity (Wildman–Crippen MR) is 54.7 cm³/mol. The molecule has 1 aromatic carbocycles. The summed E-state index contributed by atoms with van der Waals surface area (Å²) in [7, 11) is 0. The number of carbonyl (C=O) groups is 1. The van der Waals surface area contributed by atoms with Gasteiger partial charge in [0.15, 0.2) is 6.23 Å². The first-order chi connectivity index (χ1) is 7.36. The maximum atomic E-state index is 11.6. The fourth-order valence-corrected chi connectivity index (χ4v) is 2.07. The van der Waals surface area contributed by atoms with Crippen LogP contribution in [0.5, 0.6) is 0 Å². The minimum atomic E-state index is -0.215. The highest BCUT2D eigenvalue weighted by molar-refractivity contribution is 5.83. The molecule has 0 N–H and O–H groups in total. The standard InChI is InChI=1S/C12H11NO2/c14-11-7-6-10-8-15-12(13(10)11)9-4-2-1-3-5-9/h1-6,12H,7-8H2/t12-/m0/s1. The molecular formula is C12H11NO2. The van der Waals surface area contributed by atoms with Gasteiger partial charge in [-0.3, -0.25) is 9.69 Å². The van der Waals surface area contributed by atoms with Gasteiger partial charge in [0.1, 0.15) is 0 Å². The van der Waals surface area contributed by atoms with Crippen molar-refractivity contribution in [2.24, 2.45) is 0 Å². The second kappa shape index (κ2) is 3.21. The van der Waals surface area contributed by atoms with E-state index in [1.165, 1.54) is 0 Å². The van der Waals surface area contributed by atoms with Crippen molar-refractivity contribution >= 4 is 5.91 Å². The summed E-state index contributed by atoms with van der Waals surface area (Å²) in [6.07, 6.45) is 2.25. The molecule has 3 heteroatoms. The zero-order chi connectivity index (χ0) is 10.3. The number of hydrogen-bond acceptors (Lipinski definition) is 2. The summed E-state index contributed by atoms with van der Waals surface area (Å²) in [5.41, 5.74) is 2.05. The van der Waals surface area contributed by atoms with Gasteiger partial charge in [0.2, 0.25) is 5.91 Å². The minimum absolute atomic E-state index is 0.136. The fourth-order valence-electron chi connectivity index (χ4n) is 2.07. The summed E-state index contributed by atoms with van der Waals surface area (Å²) in [6.45, 7) is 0.547. The van der Waals surface area contributed by atoms with Gasteiger partial charge in [0.05, 0.1) is 6.61 Å². The topological polar surface area (TPSA) is 29.5 Å². The van der Waals surface area contributed by atoms with E-state index in [1.807, 2.05) is 36.4 Å². The van der Waals surface area contributed by atoms with Crippen LogP contribution in [0, 0.1) is 0 Å². The van der Waals surface area contributed by atoms with Crippen LogP contribution in [0.25, 0.3) is 0 Å². The van der Waals surface area contributed by atoms with Crippen molar-refractivity contribution in [2.75, 3.05) is 6.61 Å². The van der Waals surface area contributed by atoms with Crippen molar-refractivity contribution in [1.82, 2.24) is 4.90 Å². The third-order valence-electron chi connectivity index (χ3n) is 2.80. The molecule has 0 saturated carbocycles. The second-order valence-electron chi connectivity index (χ2n) is 3.74. The van der Waals surface area contributed by atoms with Gasteiger partial charge in [0.25, 0.3) is 0 Å². The van der Waals surface area contributed by atoms with E-state index in [-0.39, 0.29) is 12.1 Å². The van der Waals surface area contributed by atoms with Gasteiger partial charge in [-0.2, -0.15) is 0 Å². The smallest absolute Gasteiger partial charge is 0.233 e. The molecule has 0 unspecified atom stereocenters. The first-order valence-corrected chi connectivity index (χ1v) is 5.04. The van der Waals surface area contributed by atoms with Crippen LogP contribution < -0.4 is 0 Å². The van der Waals surface area contributed by atoms with Gasteiger partial charge in [0, 0.05) is 17.7 Å². The summed E-state index contributed by atoms with van der Waals surface area (Å²) >= 11 is 0. The Kier molecular flexibility index (Phi) is 1.86. The number of rotatable bonds is 1. The van der Waals surface area contributed by atoms with Crippen LogP contribution in [-0.2, 0) is 9.53 Å². The summed E-state index contributed by atoms with van der Waals surface area (Å²) in [6, 6.07) is 9.85. The van der Waals surface area contributed by atoms with E-state index in [4.69, 9.17) is 4.74 Å². The van der Waals surface area contributed by atoms with Crippen molar-refractivity contribution in [3.63, 3.8) is 0 Å². The van der Waals surface area contributed by atoms with Crippen LogP contribution in [0.4, 0.5) is 0 Å². The van der Waals surface area contributed by atoms with E-state index in [2.05, 4.69) is 0 Å². The molecule has 15 heavy (non-hydrogen) atoms. The van der Waals surface area contributed by atoms with Crippen LogP contribution >= 0.6 is 0 Å². The second-order valence-corrected chi connectivity index (χ2v) is 3.74. The van der Waals surface area contributed by atoms with Crippen LogP contribution in [0.1, 0.15) is 18.2 Å². The summed E-state index contributed by atoms with van der Waals surface area (Å²) in [5, 5.41) is 0. The number of ether oxygens (including phenoxy) is 1. The molecule has 2 aliphatic rings. The van der Waals surface area contributed by atoms with Gasteiger partial charge in [-0.1, -0.05) is 36.4 Å². The average molecular weight is 201 g/mol. The van der Waals surface area contributed by atoms with Crippen molar-refractivity contribution in [3.8, 4) is 0 Å². The Hall–Kier alpha value is -1.61. The highest BCUT2D eigenvalue weighted by Gasteiger charge is 2.37. The largest absolute Gasteiger partial charge is 0.347 e. The van der Waals surface area contributed by atoms with E-state index in [0.717, 1.165) is 11.3 Å². The maximum Gasteiger partial charge on any atom is 0.233 e. The zero-order valence-electron chi connectivity index (χ0n) is 8.22. The van der Waals surface area contributed by atoms with Crippen molar-refractivity contribution in [1.29, 1.82) is 0 Å². The Bertz CT molecular complexity index is 425. The molecule has 0 radical (unpaired) electrons. The number of amides is 1. The van der Waals surface area contributed by atoms with Gasteiger partial charge in [-0.05, 0) is 0 Å². The Morgan fingerprint density at radius 3 is 2.87 bits per heavy atom. The molecule has 2 aliphatic heterocycles. The lowest BCUT2D eigenvalue weighted by Gasteiger charge is -2.20. The first kappa shape index (κ1) is 8.68. The molecule has 76 valence electrons. The minimum Gasteiger partial charge on any atom is -0.347 e. The third kappa shape index (κ3) is 1.27. The third-order valence-corrected chi connectivity index (χ3v) is 2.80. The molecule has 2 heterocycles. The fraction of sp³-hybridized carbons (Fsp3) is 0.250. The first-order valence-electron chi connectivity index (χ1n) is 5.04. The highest BCUT2D eigenvalue weighted by Crippen LogP contribution is 2.36. The Balaban J connectivity index is 1.96. The van der Waals surface area contributed by atoms with Crippen LogP contribution in [0.3, 0.4) is 0 Å². The molecule has 3 rings (SSSR count). The number of nitrogens with zero attached hydrogens (tertiary/aromatic N) is 1. The molecule has 1 amide bonds. The Labute approximate surface area is 88.0 Å². The van der Waals surface area contributed by atoms with Crippen molar-refractivity contribution in [3.05, 3.63) is 47.7 Å². The molecule has 1 saturated heterocycles. The van der Waals surface area contributed by atoms with Crippen LogP contribution in [0.15, 0.2) is 42.1 Å². The van der Waals surface area contributed by atoms with Crippen molar-refractivity contribution in [2.45, 2.75) is 12.6 Å². The van der Waals surface area contributed by atoms with Gasteiger partial charge < -0.3 is 4.74 Å². The molecule has 0 aromatic heterocycles. The summed E-state index contributed by atoms with van der Waals surface area (Å²) in [4.78, 5) is 13.4. The normalized spacial score (nSPS) is 24.3. The SMILES string of the molecule is O=C1CC=C2CO[C@@H](c3ccccc3)N12. The number of fused-ring (bicyclic) bond motifs is 1. The Morgan fingerprint density at radius 1 is 1.27 bits per heavy atom. The molecule has 0 aliphatic carbocycles. The van der Waals surface area contributed by atoms with Crippen molar-refractivity contribution < 1.29 is 9.53 Å². The van der Waals surface area contributed by atoms with Crippen LogP contribution in [0.2, 0.25) is 0 Å². The average Bonchev–Trinajstić information content (AvgIpc) is 2.84. The highest BCUT2D eigenvalue weighted by atomic mass is 16.5. The monoisotopic (exact) mass is 201 g/mol. The van der Waals surface area contributed by atoms with Gasteiger partial charge in [-0.15, -0.1) is 0 Å². The van der Waals surface area contributed by atoms with Gasteiger partial charge in [-0.25, -0.2) is 0 Å². The quantitative estimate of drug-likeness (QED) is 0.693. The van der Waals surface area contributed by atoms with Crippen LogP contribution in [-0.4, -0.2) is 17.4 Å². The lowest BCUT2D eigenvalue weighted by molar-refractivity contribution is -0.132. The molecule has 1 fully saturated rings. The summed E-state index contributed by atoms with van der Waals surface area (Å²) in [5.74, 6) is 0.136. The molecule has 3 nitrogen and oxygen atoms in total. The molecule has 0 spiro atoms. The van der Waals surface area contributed by atoms with E-state index in [9.17, 15) is 4.79 Å². The lowest BCUT2D eigenvalue weighted by Crippen LogP contribution is -2.25. The number of carbonyl (C=O) groups excluding carboxylic acids is 1. The predicted octanol–water partition coefficient (Wildman–Crippen LogP) is 1.83. The maximum absolute atomic E-state index is 11.6. The molecule has 1 atom stereocenters. The summed E-state index contributed by atoms with van der Waals surface area (Å²) < 4.78 is 5.61. The number of benzene rings is 1. The van der Waals surface area contributed by atoms with E-state index in [1.54, 1.807) is 4.90 Å². The van der Waals surface area contributed by atoms with E-state index in [0.29, 0.717) is 13.0 Å².